The molecule has 0 aliphatic rings. The topological polar surface area (TPSA) is 24.7 Å². The molecule has 10 heavy (non-hydrogen) atoms. The number of hydrogen-bond acceptors (Lipinski definition) is 2. The summed E-state index contributed by atoms with van der Waals surface area (Å²) in [4.78, 5) is 0. The Morgan fingerprint density at radius 1 is 1.40 bits per heavy atom. The van der Waals surface area contributed by atoms with Gasteiger partial charge in [0.15, 0.2) is 0 Å². The van der Waals surface area contributed by atoms with Gasteiger partial charge in [0.25, 0.3) is 0 Å². The van der Waals surface area contributed by atoms with Crippen LogP contribution in [0, 0.1) is 0 Å². The molecule has 0 fully saturated rings. The molecular formula is C8H16N2. The zero-order chi connectivity index (χ0) is 8.41. The number of allylic oxidation sites excluding steroid dienone is 2. The van der Waals surface area contributed by atoms with Gasteiger partial charge in [0.1, 0.15) is 0 Å². The molecule has 0 aromatic carbocycles. The Morgan fingerprint density at radius 3 is 2.20 bits per heavy atom. The summed E-state index contributed by atoms with van der Waals surface area (Å²) in [6, 6.07) is 0. The maximum Gasteiger partial charge on any atom is 0.0528 e. The first-order chi connectivity index (χ1) is 4.77. The molecule has 0 saturated heterocycles. The molecule has 0 N–H and O–H groups in total. The van der Waals surface area contributed by atoms with E-state index >= 15 is 0 Å². The highest BCUT2D eigenvalue weighted by molar-refractivity contribution is 4.84. The lowest BCUT2D eigenvalue weighted by Crippen LogP contribution is -1.55. The lowest BCUT2D eigenvalue weighted by molar-refractivity contribution is 1.13. The van der Waals surface area contributed by atoms with Crippen LogP contribution in [0.2, 0.25) is 0 Å². The number of azo groups is 1. The van der Waals surface area contributed by atoms with Crippen LogP contribution in [0.3, 0.4) is 0 Å². The second-order valence-corrected chi connectivity index (χ2v) is 1.43. The van der Waals surface area contributed by atoms with Gasteiger partial charge in [0.2, 0.25) is 0 Å². The molecule has 0 aromatic heterocycles. The molecule has 0 heterocycles. The molecule has 0 saturated carbocycles. The molecule has 0 rings (SSSR count). The van der Waals surface area contributed by atoms with Crippen molar-refractivity contribution in [1.82, 2.24) is 0 Å². The van der Waals surface area contributed by atoms with E-state index in [1.54, 1.807) is 13.1 Å². The second kappa shape index (κ2) is 11.0. The van der Waals surface area contributed by atoms with Crippen molar-refractivity contribution in [3.05, 3.63) is 24.6 Å². The number of rotatable bonds is 2. The average molecular weight is 140 g/mol. The van der Waals surface area contributed by atoms with Crippen LogP contribution in [-0.4, -0.2) is 0 Å². The highest BCUT2D eigenvalue weighted by atomic mass is 15.1. The van der Waals surface area contributed by atoms with Crippen molar-refractivity contribution in [3.63, 3.8) is 0 Å². The third-order valence-corrected chi connectivity index (χ3v) is 0.444. The minimum absolute atomic E-state index is 0.725. The predicted molar refractivity (Wildman–Crippen MR) is 45.8 cm³/mol. The SMILES string of the molecule is C=C(C)N=N/C=C\C.CC. The van der Waals surface area contributed by atoms with Crippen molar-refractivity contribution >= 4 is 0 Å². The van der Waals surface area contributed by atoms with Crippen molar-refractivity contribution in [2.75, 3.05) is 0 Å². The second-order valence-electron chi connectivity index (χ2n) is 1.43. The normalized spacial score (nSPS) is 9.60. The van der Waals surface area contributed by atoms with Gasteiger partial charge in [0, 0.05) is 6.20 Å². The summed E-state index contributed by atoms with van der Waals surface area (Å²) >= 11 is 0. The minimum atomic E-state index is 0.725. The molecule has 0 atom stereocenters. The molecule has 0 radical (unpaired) electrons. The van der Waals surface area contributed by atoms with Crippen LogP contribution in [0.25, 0.3) is 0 Å². The monoisotopic (exact) mass is 140 g/mol. The van der Waals surface area contributed by atoms with Crippen molar-refractivity contribution in [2.24, 2.45) is 10.2 Å². The first-order valence-electron chi connectivity index (χ1n) is 3.45. The largest absolute Gasteiger partial charge is 0.159 e. The van der Waals surface area contributed by atoms with Crippen LogP contribution in [0.4, 0.5) is 0 Å². The summed E-state index contributed by atoms with van der Waals surface area (Å²) in [7, 11) is 0. The van der Waals surface area contributed by atoms with Crippen molar-refractivity contribution < 1.29 is 0 Å². The van der Waals surface area contributed by atoms with Gasteiger partial charge >= 0.3 is 0 Å². The van der Waals surface area contributed by atoms with Gasteiger partial charge < -0.3 is 0 Å². The molecule has 0 unspecified atom stereocenters. The van der Waals surface area contributed by atoms with Gasteiger partial charge in [-0.15, -0.1) is 0 Å². The van der Waals surface area contributed by atoms with Crippen LogP contribution in [-0.2, 0) is 0 Å². The van der Waals surface area contributed by atoms with Crippen LogP contribution >= 0.6 is 0 Å². The molecule has 0 aromatic rings. The molecule has 0 spiro atoms. The van der Waals surface area contributed by atoms with E-state index in [-0.39, 0.29) is 0 Å². The molecular weight excluding hydrogens is 124 g/mol. The maximum atomic E-state index is 3.66. The van der Waals surface area contributed by atoms with E-state index < -0.39 is 0 Å². The Kier molecular flexibility index (Phi) is 13.0. The smallest absolute Gasteiger partial charge is 0.0528 e. The summed E-state index contributed by atoms with van der Waals surface area (Å²) in [5.41, 5.74) is 0.725. The number of nitrogens with zero attached hydrogens (tertiary/aromatic N) is 2. The van der Waals surface area contributed by atoms with Crippen LogP contribution in [0.1, 0.15) is 27.7 Å². The Balaban J connectivity index is 0. The van der Waals surface area contributed by atoms with Crippen molar-refractivity contribution in [2.45, 2.75) is 27.7 Å². The minimum Gasteiger partial charge on any atom is -0.159 e. The van der Waals surface area contributed by atoms with E-state index in [9.17, 15) is 0 Å². The maximum absolute atomic E-state index is 3.66. The summed E-state index contributed by atoms with van der Waals surface area (Å²) in [6.07, 6.45) is 3.43. The van der Waals surface area contributed by atoms with Crippen LogP contribution < -0.4 is 0 Å². The molecule has 0 aliphatic heterocycles. The summed E-state index contributed by atoms with van der Waals surface area (Å²) in [6.45, 7) is 11.2. The first kappa shape index (κ1) is 11.8. The number of hydrogen-bond donors (Lipinski definition) is 0. The fourth-order valence-corrected chi connectivity index (χ4v) is 0.199. The summed E-state index contributed by atoms with van der Waals surface area (Å²) in [5, 5.41) is 7.29. The van der Waals surface area contributed by atoms with Gasteiger partial charge in [-0.05, 0) is 13.8 Å². The van der Waals surface area contributed by atoms with Gasteiger partial charge in [-0.1, -0.05) is 26.5 Å². The van der Waals surface area contributed by atoms with E-state index in [2.05, 4.69) is 16.8 Å². The Morgan fingerprint density at radius 2 is 1.90 bits per heavy atom. The Labute approximate surface area is 63.4 Å². The highest BCUT2D eigenvalue weighted by Gasteiger charge is 1.68. The first-order valence-corrected chi connectivity index (χ1v) is 3.45. The van der Waals surface area contributed by atoms with Crippen LogP contribution in [0.5, 0.6) is 0 Å². The van der Waals surface area contributed by atoms with Crippen LogP contribution in [0.15, 0.2) is 34.8 Å². The van der Waals surface area contributed by atoms with Gasteiger partial charge in [-0.2, -0.15) is 10.2 Å². The summed E-state index contributed by atoms with van der Waals surface area (Å²) < 4.78 is 0. The Hall–Kier alpha value is -0.920. The van der Waals surface area contributed by atoms with E-state index in [0.717, 1.165) is 5.70 Å². The third kappa shape index (κ3) is 15.7. The highest BCUT2D eigenvalue weighted by Crippen LogP contribution is 1.89. The fourth-order valence-electron chi connectivity index (χ4n) is 0.199. The third-order valence-electron chi connectivity index (χ3n) is 0.444. The van der Waals surface area contributed by atoms with Gasteiger partial charge in [-0.3, -0.25) is 0 Å². The lowest BCUT2D eigenvalue weighted by Gasteiger charge is -1.77. The fraction of sp³-hybridized carbons (Fsp3) is 0.500. The van der Waals surface area contributed by atoms with Gasteiger partial charge in [-0.25, -0.2) is 0 Å². The van der Waals surface area contributed by atoms with Crippen molar-refractivity contribution in [1.29, 1.82) is 0 Å². The van der Waals surface area contributed by atoms with Gasteiger partial charge in [0.05, 0.1) is 5.70 Å². The molecule has 2 nitrogen and oxygen atoms in total. The average Bonchev–Trinajstić information content (AvgIpc) is 1.92. The predicted octanol–water partition coefficient (Wildman–Crippen LogP) is 3.53. The van der Waals surface area contributed by atoms with E-state index in [0.29, 0.717) is 0 Å². The quantitative estimate of drug-likeness (QED) is 0.524. The van der Waals surface area contributed by atoms with E-state index in [1.165, 1.54) is 0 Å². The standard InChI is InChI=1S/C6H10N2.C2H6/c1-4-5-7-8-6(2)3;1-2/h4-5H,2H2,1,3H3;1-2H3/b5-4-,8-7?;. The molecule has 0 amide bonds. The molecule has 2 heteroatoms. The van der Waals surface area contributed by atoms with E-state index in [1.807, 2.05) is 26.8 Å². The zero-order valence-electron chi connectivity index (χ0n) is 7.26. The van der Waals surface area contributed by atoms with E-state index in [4.69, 9.17) is 0 Å². The molecule has 0 bridgehead atoms. The Bertz CT molecular complexity index is 123. The summed E-state index contributed by atoms with van der Waals surface area (Å²) in [5.74, 6) is 0. The zero-order valence-corrected chi connectivity index (χ0v) is 7.26. The van der Waals surface area contributed by atoms with Crippen molar-refractivity contribution in [3.8, 4) is 0 Å². The lowest BCUT2D eigenvalue weighted by atomic mass is 10.6. The molecule has 0 aliphatic carbocycles. The molecule has 58 valence electrons.